The van der Waals surface area contributed by atoms with Crippen molar-refractivity contribution in [2.24, 2.45) is 0 Å². The van der Waals surface area contributed by atoms with Crippen LogP contribution in [-0.2, 0) is 32.5 Å². The molecule has 24 heavy (non-hydrogen) atoms. The van der Waals surface area contributed by atoms with Crippen molar-refractivity contribution in [2.75, 3.05) is 7.11 Å². The van der Waals surface area contributed by atoms with Gasteiger partial charge in [-0.1, -0.05) is 0 Å². The van der Waals surface area contributed by atoms with Gasteiger partial charge in [0.15, 0.2) is 0 Å². The van der Waals surface area contributed by atoms with Crippen LogP contribution in [0.3, 0.4) is 0 Å². The van der Waals surface area contributed by atoms with Crippen molar-refractivity contribution in [3.05, 3.63) is 34.9 Å². The zero-order chi connectivity index (χ0) is 16.5. The second kappa shape index (κ2) is 6.43. The highest BCUT2D eigenvalue weighted by atomic mass is 16.5. The molecule has 2 aromatic rings. The quantitative estimate of drug-likeness (QED) is 0.912. The number of nitrogens with zero attached hydrogens (tertiary/aromatic N) is 3. The number of aryl methyl sites for hydroxylation is 1. The molecule has 3 heterocycles. The van der Waals surface area contributed by atoms with Gasteiger partial charge in [0.25, 0.3) is 0 Å². The number of methoxy groups -OCH3 is 1. The van der Waals surface area contributed by atoms with Gasteiger partial charge in [-0.05, 0) is 31.9 Å². The Kier molecular flexibility index (Phi) is 4.14. The van der Waals surface area contributed by atoms with Gasteiger partial charge in [0.1, 0.15) is 29.3 Å². The second-order valence-corrected chi connectivity index (χ2v) is 6.65. The molecule has 0 unspecified atom stereocenters. The summed E-state index contributed by atoms with van der Waals surface area (Å²) in [6.07, 6.45) is 4.67. The smallest absolute Gasteiger partial charge is 0.147 e. The molecule has 0 fully saturated rings. The molecule has 1 aromatic heterocycles. The Morgan fingerprint density at radius 1 is 1.29 bits per heavy atom. The van der Waals surface area contributed by atoms with E-state index in [1.54, 1.807) is 7.11 Å². The van der Waals surface area contributed by atoms with Crippen LogP contribution in [0.5, 0.6) is 11.5 Å². The number of benzene rings is 1. The molecule has 0 saturated carbocycles. The van der Waals surface area contributed by atoms with Crippen LogP contribution in [0.2, 0.25) is 0 Å². The van der Waals surface area contributed by atoms with Crippen LogP contribution in [0.25, 0.3) is 0 Å². The highest BCUT2D eigenvalue weighted by Gasteiger charge is 2.22. The van der Waals surface area contributed by atoms with Crippen LogP contribution in [0.4, 0.5) is 0 Å². The summed E-state index contributed by atoms with van der Waals surface area (Å²) in [5.41, 5.74) is 2.35. The highest BCUT2D eigenvalue weighted by Crippen LogP contribution is 2.34. The van der Waals surface area contributed by atoms with Gasteiger partial charge in [-0.2, -0.15) is 0 Å². The first-order valence-corrected chi connectivity index (χ1v) is 8.72. The van der Waals surface area contributed by atoms with E-state index in [1.807, 2.05) is 0 Å². The molecule has 128 valence electrons. The topological polar surface area (TPSA) is 61.2 Å². The van der Waals surface area contributed by atoms with E-state index in [-0.39, 0.29) is 6.10 Å². The van der Waals surface area contributed by atoms with Crippen molar-refractivity contribution >= 4 is 0 Å². The molecule has 0 bridgehead atoms. The number of hydrogen-bond donors (Lipinski definition) is 1. The van der Waals surface area contributed by atoms with Crippen LogP contribution < -0.4 is 14.8 Å². The molecule has 2 aliphatic heterocycles. The number of hydrogen-bond acceptors (Lipinski definition) is 5. The van der Waals surface area contributed by atoms with E-state index in [0.29, 0.717) is 6.54 Å². The molecule has 0 radical (unpaired) electrons. The molecule has 0 saturated heterocycles. The van der Waals surface area contributed by atoms with Crippen molar-refractivity contribution in [2.45, 2.75) is 58.3 Å². The van der Waals surface area contributed by atoms with Gasteiger partial charge in [-0.15, -0.1) is 10.2 Å². The van der Waals surface area contributed by atoms with Gasteiger partial charge >= 0.3 is 0 Å². The number of rotatable bonds is 5. The summed E-state index contributed by atoms with van der Waals surface area (Å²) in [7, 11) is 1.72. The Balaban J connectivity index is 1.44. The summed E-state index contributed by atoms with van der Waals surface area (Å²) in [5.74, 6) is 4.05. The third-order valence-corrected chi connectivity index (χ3v) is 4.83. The largest absolute Gasteiger partial charge is 0.496 e. The van der Waals surface area contributed by atoms with Gasteiger partial charge in [0, 0.05) is 37.1 Å². The van der Waals surface area contributed by atoms with E-state index < -0.39 is 0 Å². The van der Waals surface area contributed by atoms with Gasteiger partial charge in [-0.3, -0.25) is 0 Å². The highest BCUT2D eigenvalue weighted by molar-refractivity contribution is 5.48. The molecular weight excluding hydrogens is 304 g/mol. The van der Waals surface area contributed by atoms with Gasteiger partial charge in [0.05, 0.1) is 13.7 Å². The molecule has 0 amide bonds. The van der Waals surface area contributed by atoms with Crippen molar-refractivity contribution < 1.29 is 9.47 Å². The fourth-order valence-corrected chi connectivity index (χ4v) is 3.62. The molecule has 2 aliphatic rings. The lowest BCUT2D eigenvalue weighted by Gasteiger charge is -2.15. The van der Waals surface area contributed by atoms with Crippen molar-refractivity contribution in [3.8, 4) is 11.5 Å². The third-order valence-electron chi connectivity index (χ3n) is 4.83. The fourth-order valence-electron chi connectivity index (χ4n) is 3.62. The first-order valence-electron chi connectivity index (χ1n) is 8.72. The first kappa shape index (κ1) is 15.4. The lowest BCUT2D eigenvalue weighted by Crippen LogP contribution is -2.19. The average Bonchev–Trinajstić information content (AvgIpc) is 3.16. The summed E-state index contributed by atoms with van der Waals surface area (Å²) in [6, 6.07) is 4.21. The van der Waals surface area contributed by atoms with E-state index in [0.717, 1.165) is 54.6 Å². The molecule has 0 aliphatic carbocycles. The average molecular weight is 328 g/mol. The second-order valence-electron chi connectivity index (χ2n) is 6.65. The van der Waals surface area contributed by atoms with E-state index in [4.69, 9.17) is 9.47 Å². The van der Waals surface area contributed by atoms with Gasteiger partial charge < -0.3 is 19.4 Å². The molecule has 1 aromatic carbocycles. The summed E-state index contributed by atoms with van der Waals surface area (Å²) in [5, 5.41) is 12.1. The zero-order valence-electron chi connectivity index (χ0n) is 14.3. The molecule has 4 rings (SSSR count). The minimum Gasteiger partial charge on any atom is -0.496 e. The number of nitrogens with one attached hydrogen (secondary N) is 1. The molecule has 6 nitrogen and oxygen atoms in total. The number of fused-ring (bicyclic) bond motifs is 2. The van der Waals surface area contributed by atoms with Crippen LogP contribution in [-0.4, -0.2) is 28.0 Å². The molecular formula is C18H24N4O2. The van der Waals surface area contributed by atoms with Crippen LogP contribution in [0, 0.1) is 0 Å². The fraction of sp³-hybridized carbons (Fsp3) is 0.556. The van der Waals surface area contributed by atoms with Crippen LogP contribution >= 0.6 is 0 Å². The standard InChI is InChI=1S/C18H24N4O2/c1-12-7-13-8-15(23-2)14(9-16(13)24-12)10-19-11-18-21-20-17-5-3-4-6-22(17)18/h8-9,12,19H,3-7,10-11H2,1-2H3/t12-/m0/s1. The monoisotopic (exact) mass is 328 g/mol. The predicted octanol–water partition coefficient (Wildman–Crippen LogP) is 2.24. The normalized spacial score (nSPS) is 18.8. The maximum Gasteiger partial charge on any atom is 0.147 e. The zero-order valence-corrected chi connectivity index (χ0v) is 14.3. The summed E-state index contributed by atoms with van der Waals surface area (Å²) in [6.45, 7) is 4.56. The molecule has 6 heteroatoms. The molecule has 0 spiro atoms. The SMILES string of the molecule is COc1cc2c(cc1CNCc1nnc3n1CCCC3)O[C@@H](C)C2. The van der Waals surface area contributed by atoms with Crippen molar-refractivity contribution in [1.82, 2.24) is 20.1 Å². The third kappa shape index (κ3) is 2.86. The minimum atomic E-state index is 0.246. The van der Waals surface area contributed by atoms with Crippen LogP contribution in [0.15, 0.2) is 12.1 Å². The van der Waals surface area contributed by atoms with Crippen molar-refractivity contribution in [1.29, 1.82) is 0 Å². The Labute approximate surface area is 142 Å². The Bertz CT molecular complexity index is 741. The van der Waals surface area contributed by atoms with E-state index >= 15 is 0 Å². The summed E-state index contributed by atoms with van der Waals surface area (Å²) in [4.78, 5) is 0. The maximum absolute atomic E-state index is 5.86. The van der Waals surface area contributed by atoms with Crippen LogP contribution in [0.1, 0.15) is 42.5 Å². The Hall–Kier alpha value is -2.08. The number of ether oxygens (including phenoxy) is 2. The lowest BCUT2D eigenvalue weighted by atomic mass is 10.1. The lowest BCUT2D eigenvalue weighted by molar-refractivity contribution is 0.254. The summed E-state index contributed by atoms with van der Waals surface area (Å²) < 4.78 is 13.7. The van der Waals surface area contributed by atoms with E-state index in [2.05, 4.69) is 39.1 Å². The minimum absolute atomic E-state index is 0.246. The summed E-state index contributed by atoms with van der Waals surface area (Å²) >= 11 is 0. The van der Waals surface area contributed by atoms with E-state index in [1.165, 1.54) is 18.4 Å². The molecule has 1 N–H and O–H groups in total. The maximum atomic E-state index is 5.86. The number of aromatic nitrogens is 3. The van der Waals surface area contributed by atoms with Crippen molar-refractivity contribution in [3.63, 3.8) is 0 Å². The van der Waals surface area contributed by atoms with Gasteiger partial charge in [-0.25, -0.2) is 0 Å². The Morgan fingerprint density at radius 2 is 2.21 bits per heavy atom. The predicted molar refractivity (Wildman–Crippen MR) is 90.3 cm³/mol. The molecule has 1 atom stereocenters. The van der Waals surface area contributed by atoms with Gasteiger partial charge in [0.2, 0.25) is 0 Å². The van der Waals surface area contributed by atoms with E-state index in [9.17, 15) is 0 Å². The Morgan fingerprint density at radius 3 is 3.08 bits per heavy atom. The first-order chi connectivity index (χ1) is 11.7.